The van der Waals surface area contributed by atoms with Gasteiger partial charge in [0, 0.05) is 11.8 Å². The van der Waals surface area contributed by atoms with Crippen molar-refractivity contribution < 1.29 is 14.3 Å². The zero-order valence-corrected chi connectivity index (χ0v) is 10.2. The fraction of sp³-hybridized carbons (Fsp3) is 0.0769. The number of aromatic carboxylic acids is 1. The molecule has 3 nitrogen and oxygen atoms in total. The van der Waals surface area contributed by atoms with Crippen molar-refractivity contribution in [2.75, 3.05) is 0 Å². The number of aromatic nitrogens is 1. The van der Waals surface area contributed by atoms with Crippen molar-refractivity contribution in [1.82, 2.24) is 4.98 Å². The van der Waals surface area contributed by atoms with Gasteiger partial charge in [-0.15, -0.1) is 0 Å². The van der Waals surface area contributed by atoms with Crippen molar-refractivity contribution in [1.29, 1.82) is 0 Å². The molecule has 18 heavy (non-hydrogen) atoms. The van der Waals surface area contributed by atoms with Crippen LogP contribution in [0.15, 0.2) is 30.5 Å². The van der Waals surface area contributed by atoms with Crippen LogP contribution in [0, 0.1) is 12.7 Å². The monoisotopic (exact) mass is 265 g/mol. The summed E-state index contributed by atoms with van der Waals surface area (Å²) in [5.41, 5.74) is 1.23. The van der Waals surface area contributed by atoms with E-state index in [1.54, 1.807) is 13.0 Å². The summed E-state index contributed by atoms with van der Waals surface area (Å²) in [6, 6.07) is 5.75. The van der Waals surface area contributed by atoms with Crippen LogP contribution >= 0.6 is 11.6 Å². The molecule has 0 fully saturated rings. The van der Waals surface area contributed by atoms with Crippen LogP contribution in [0.3, 0.4) is 0 Å². The molecular formula is C13H9ClFNO2. The maximum atomic E-state index is 13.5. The van der Waals surface area contributed by atoms with Crippen LogP contribution in [0.1, 0.15) is 15.9 Å². The Hall–Kier alpha value is -1.94. The summed E-state index contributed by atoms with van der Waals surface area (Å²) in [7, 11) is 0. The van der Waals surface area contributed by atoms with Gasteiger partial charge >= 0.3 is 5.97 Å². The molecule has 0 saturated heterocycles. The lowest BCUT2D eigenvalue weighted by Crippen LogP contribution is -2.02. The highest BCUT2D eigenvalue weighted by molar-refractivity contribution is 6.29. The third-order valence-electron chi connectivity index (χ3n) is 2.66. The number of halogens is 2. The first-order valence-corrected chi connectivity index (χ1v) is 5.53. The Balaban J connectivity index is 2.71. The molecule has 5 heteroatoms. The Kier molecular flexibility index (Phi) is 3.30. The van der Waals surface area contributed by atoms with Crippen LogP contribution in [-0.4, -0.2) is 16.1 Å². The van der Waals surface area contributed by atoms with Crippen molar-refractivity contribution in [3.63, 3.8) is 0 Å². The van der Waals surface area contributed by atoms with Crippen molar-refractivity contribution in [2.45, 2.75) is 6.92 Å². The first kappa shape index (κ1) is 12.5. The van der Waals surface area contributed by atoms with Crippen LogP contribution in [-0.2, 0) is 0 Å². The Bertz CT molecular complexity index is 628. The number of rotatable bonds is 2. The Morgan fingerprint density at radius 3 is 2.78 bits per heavy atom. The summed E-state index contributed by atoms with van der Waals surface area (Å²) in [5.74, 6) is -1.52. The molecule has 1 heterocycles. The molecule has 1 N–H and O–H groups in total. The van der Waals surface area contributed by atoms with Gasteiger partial charge in [0.05, 0.1) is 5.56 Å². The molecule has 0 saturated carbocycles. The summed E-state index contributed by atoms with van der Waals surface area (Å²) < 4.78 is 13.5. The minimum Gasteiger partial charge on any atom is -0.478 e. The van der Waals surface area contributed by atoms with E-state index in [1.807, 2.05) is 0 Å². The molecule has 0 amide bonds. The molecule has 2 aromatic rings. The molecule has 0 unspecified atom stereocenters. The molecule has 0 aliphatic heterocycles. The average Bonchev–Trinajstić information content (AvgIpc) is 2.33. The zero-order chi connectivity index (χ0) is 13.3. The SMILES string of the molecule is Cc1c(F)cccc1-c1cnc(Cl)cc1C(=O)O. The smallest absolute Gasteiger partial charge is 0.336 e. The van der Waals surface area contributed by atoms with Crippen molar-refractivity contribution in [3.05, 3.63) is 52.6 Å². The largest absolute Gasteiger partial charge is 0.478 e. The van der Waals surface area contributed by atoms with E-state index in [4.69, 9.17) is 16.7 Å². The summed E-state index contributed by atoms with van der Waals surface area (Å²) in [4.78, 5) is 15.0. The predicted molar refractivity (Wildman–Crippen MR) is 66.3 cm³/mol. The minimum atomic E-state index is -1.13. The second-order valence-corrected chi connectivity index (χ2v) is 4.16. The molecule has 2 rings (SSSR count). The number of nitrogens with zero attached hydrogens (tertiary/aromatic N) is 1. The standard InChI is InChI=1S/C13H9ClFNO2/c1-7-8(3-2-4-11(7)15)10-6-16-12(14)5-9(10)13(17)18/h2-6H,1H3,(H,17,18). The normalized spacial score (nSPS) is 10.4. The Labute approximate surface area is 108 Å². The molecule has 0 aliphatic carbocycles. The molecule has 0 spiro atoms. The molecular weight excluding hydrogens is 257 g/mol. The van der Waals surface area contributed by atoms with Gasteiger partial charge in [-0.3, -0.25) is 0 Å². The molecule has 0 aliphatic rings. The first-order valence-electron chi connectivity index (χ1n) is 5.15. The number of pyridine rings is 1. The van der Waals surface area contributed by atoms with Gasteiger partial charge in [0.25, 0.3) is 0 Å². The maximum Gasteiger partial charge on any atom is 0.336 e. The first-order chi connectivity index (χ1) is 8.50. The Morgan fingerprint density at radius 1 is 1.39 bits per heavy atom. The molecule has 1 aromatic heterocycles. The van der Waals surface area contributed by atoms with Crippen molar-refractivity contribution in [2.24, 2.45) is 0 Å². The summed E-state index contributed by atoms with van der Waals surface area (Å²) in [6.45, 7) is 1.59. The quantitative estimate of drug-likeness (QED) is 0.845. The van der Waals surface area contributed by atoms with Gasteiger partial charge in [0.1, 0.15) is 11.0 Å². The second kappa shape index (κ2) is 4.74. The van der Waals surface area contributed by atoms with Gasteiger partial charge < -0.3 is 5.11 Å². The minimum absolute atomic E-state index is 0.00343. The number of carboxylic acid groups (broad SMARTS) is 1. The molecule has 0 bridgehead atoms. The van der Waals surface area contributed by atoms with Crippen molar-refractivity contribution in [3.8, 4) is 11.1 Å². The fourth-order valence-corrected chi connectivity index (χ4v) is 1.88. The number of benzene rings is 1. The average molecular weight is 266 g/mol. The predicted octanol–water partition coefficient (Wildman–Crippen LogP) is 3.55. The van der Waals surface area contributed by atoms with E-state index < -0.39 is 11.8 Å². The van der Waals surface area contributed by atoms with Crippen LogP contribution < -0.4 is 0 Å². The van der Waals surface area contributed by atoms with E-state index in [9.17, 15) is 9.18 Å². The second-order valence-electron chi connectivity index (χ2n) is 3.77. The number of hydrogen-bond acceptors (Lipinski definition) is 2. The topological polar surface area (TPSA) is 50.2 Å². The van der Waals surface area contributed by atoms with Crippen LogP contribution in [0.5, 0.6) is 0 Å². The van der Waals surface area contributed by atoms with Gasteiger partial charge in [-0.05, 0) is 30.2 Å². The molecule has 92 valence electrons. The van der Waals surface area contributed by atoms with E-state index in [0.717, 1.165) is 0 Å². The van der Waals surface area contributed by atoms with Crippen molar-refractivity contribution >= 4 is 17.6 Å². The lowest BCUT2D eigenvalue weighted by molar-refractivity contribution is 0.0697. The number of carboxylic acids is 1. The molecule has 1 aromatic carbocycles. The van der Waals surface area contributed by atoms with Gasteiger partial charge in [0.2, 0.25) is 0 Å². The molecule has 0 atom stereocenters. The van der Waals surface area contributed by atoms with E-state index in [1.165, 1.54) is 24.4 Å². The van der Waals surface area contributed by atoms with Gasteiger partial charge in [-0.25, -0.2) is 14.2 Å². The van der Waals surface area contributed by atoms with E-state index in [2.05, 4.69) is 4.98 Å². The number of carbonyl (C=O) groups is 1. The summed E-state index contributed by atoms with van der Waals surface area (Å²) >= 11 is 5.67. The fourth-order valence-electron chi connectivity index (χ4n) is 1.72. The summed E-state index contributed by atoms with van der Waals surface area (Å²) in [6.07, 6.45) is 1.34. The number of hydrogen-bond donors (Lipinski definition) is 1. The van der Waals surface area contributed by atoms with Gasteiger partial charge in [-0.2, -0.15) is 0 Å². The lowest BCUT2D eigenvalue weighted by atomic mass is 9.97. The van der Waals surface area contributed by atoms with Crippen LogP contribution in [0.25, 0.3) is 11.1 Å². The highest BCUT2D eigenvalue weighted by atomic mass is 35.5. The van der Waals surface area contributed by atoms with Crippen LogP contribution in [0.2, 0.25) is 5.15 Å². The third kappa shape index (κ3) is 2.19. The third-order valence-corrected chi connectivity index (χ3v) is 2.87. The highest BCUT2D eigenvalue weighted by Crippen LogP contribution is 2.28. The lowest BCUT2D eigenvalue weighted by Gasteiger charge is -2.09. The van der Waals surface area contributed by atoms with E-state index >= 15 is 0 Å². The summed E-state index contributed by atoms with van der Waals surface area (Å²) in [5, 5.41) is 9.22. The van der Waals surface area contributed by atoms with E-state index in [-0.39, 0.29) is 10.7 Å². The van der Waals surface area contributed by atoms with Crippen LogP contribution in [0.4, 0.5) is 4.39 Å². The van der Waals surface area contributed by atoms with Gasteiger partial charge in [-0.1, -0.05) is 23.7 Å². The van der Waals surface area contributed by atoms with Gasteiger partial charge in [0.15, 0.2) is 0 Å². The van der Waals surface area contributed by atoms with E-state index in [0.29, 0.717) is 16.7 Å². The Morgan fingerprint density at radius 2 is 2.11 bits per heavy atom. The highest BCUT2D eigenvalue weighted by Gasteiger charge is 2.15. The maximum absolute atomic E-state index is 13.5. The zero-order valence-electron chi connectivity index (χ0n) is 9.45. The molecule has 0 radical (unpaired) electrons.